The summed E-state index contributed by atoms with van der Waals surface area (Å²) < 4.78 is 33.3. The summed E-state index contributed by atoms with van der Waals surface area (Å²) in [4.78, 5) is 12.9. The molecule has 0 bridgehead atoms. The molecular formula is C26H29N3O4S. The molecule has 0 aromatic heterocycles. The minimum Gasteiger partial charge on any atom is -0.494 e. The average Bonchev–Trinajstić information content (AvgIpc) is 2.82. The van der Waals surface area contributed by atoms with Gasteiger partial charge in [-0.05, 0) is 81.8 Å². The molecule has 8 heteroatoms. The molecule has 7 nitrogen and oxygen atoms in total. The molecule has 178 valence electrons. The first kappa shape index (κ1) is 25.0. The highest BCUT2D eigenvalue weighted by molar-refractivity contribution is 7.92. The van der Waals surface area contributed by atoms with Crippen LogP contribution in [0.1, 0.15) is 30.5 Å². The van der Waals surface area contributed by atoms with Crippen LogP contribution in [0.2, 0.25) is 0 Å². The number of carbonyl (C=O) groups excluding carboxylic acids is 1. The second-order valence-electron chi connectivity index (χ2n) is 7.85. The second-order valence-corrected chi connectivity index (χ2v) is 9.71. The molecule has 3 aromatic rings. The second kappa shape index (κ2) is 11.0. The minimum atomic E-state index is -3.97. The molecule has 0 unspecified atom stereocenters. The predicted octanol–water partition coefficient (Wildman–Crippen LogP) is 4.44. The monoisotopic (exact) mass is 479 g/mol. The maximum atomic E-state index is 13.4. The molecule has 0 saturated heterocycles. The third kappa shape index (κ3) is 6.23. The number of sulfonamides is 1. The Morgan fingerprint density at radius 1 is 0.912 bits per heavy atom. The Balaban J connectivity index is 1.81. The maximum absolute atomic E-state index is 13.4. The van der Waals surface area contributed by atoms with Gasteiger partial charge in [0.1, 0.15) is 12.3 Å². The number of amides is 1. The first-order valence-corrected chi connectivity index (χ1v) is 12.4. The number of hydrogen-bond donors (Lipinski definition) is 1. The number of hydrazone groups is 1. The number of hydrogen-bond acceptors (Lipinski definition) is 5. The molecule has 0 atom stereocenters. The molecule has 3 aromatic carbocycles. The van der Waals surface area contributed by atoms with Crippen LogP contribution in [-0.4, -0.2) is 33.2 Å². The number of nitrogens with zero attached hydrogens (tertiary/aromatic N) is 2. The zero-order valence-electron chi connectivity index (χ0n) is 19.8. The summed E-state index contributed by atoms with van der Waals surface area (Å²) in [5.41, 5.74) is 6.19. The van der Waals surface area contributed by atoms with Crippen molar-refractivity contribution in [2.24, 2.45) is 5.10 Å². The standard InChI is InChI=1S/C26H29N3O4S/c1-5-33-24-14-10-22(11-15-24)21(4)27-28-26(30)18-29(23-12-6-19(2)7-13-23)34(31,32)25-16-8-20(3)9-17-25/h6-17H,5,18H2,1-4H3,(H,28,30)/b27-21-. The van der Waals surface area contributed by atoms with Crippen LogP contribution in [-0.2, 0) is 14.8 Å². The van der Waals surface area contributed by atoms with Crippen LogP contribution >= 0.6 is 0 Å². The molecule has 0 aliphatic rings. The summed E-state index contributed by atoms with van der Waals surface area (Å²) in [6.07, 6.45) is 0. The van der Waals surface area contributed by atoms with E-state index < -0.39 is 22.5 Å². The van der Waals surface area contributed by atoms with Crippen molar-refractivity contribution >= 4 is 27.3 Å². The highest BCUT2D eigenvalue weighted by atomic mass is 32.2. The third-order valence-corrected chi connectivity index (χ3v) is 6.94. The van der Waals surface area contributed by atoms with Crippen molar-refractivity contribution in [2.75, 3.05) is 17.5 Å². The molecule has 0 aliphatic carbocycles. The lowest BCUT2D eigenvalue weighted by Crippen LogP contribution is -2.39. The summed E-state index contributed by atoms with van der Waals surface area (Å²) in [5, 5.41) is 4.15. The van der Waals surface area contributed by atoms with Crippen molar-refractivity contribution in [2.45, 2.75) is 32.6 Å². The lowest BCUT2D eigenvalue weighted by Gasteiger charge is -2.24. The van der Waals surface area contributed by atoms with Gasteiger partial charge in [0.05, 0.1) is 22.9 Å². The smallest absolute Gasteiger partial charge is 0.264 e. The van der Waals surface area contributed by atoms with Crippen molar-refractivity contribution < 1.29 is 17.9 Å². The lowest BCUT2D eigenvalue weighted by molar-refractivity contribution is -0.119. The number of anilines is 1. The fraction of sp³-hybridized carbons (Fsp3) is 0.231. The van der Waals surface area contributed by atoms with Crippen LogP contribution in [0, 0.1) is 13.8 Å². The van der Waals surface area contributed by atoms with E-state index in [9.17, 15) is 13.2 Å². The first-order valence-electron chi connectivity index (χ1n) is 10.9. The zero-order chi connectivity index (χ0) is 24.7. The molecule has 3 rings (SSSR count). The van der Waals surface area contributed by atoms with Crippen LogP contribution in [0.5, 0.6) is 5.75 Å². The van der Waals surface area contributed by atoms with Gasteiger partial charge in [-0.25, -0.2) is 13.8 Å². The Hall–Kier alpha value is -3.65. The van der Waals surface area contributed by atoms with Crippen molar-refractivity contribution in [3.05, 3.63) is 89.5 Å². The van der Waals surface area contributed by atoms with Gasteiger partial charge in [-0.1, -0.05) is 35.4 Å². The predicted molar refractivity (Wildman–Crippen MR) is 135 cm³/mol. The van der Waals surface area contributed by atoms with Crippen molar-refractivity contribution in [1.29, 1.82) is 0 Å². The van der Waals surface area contributed by atoms with Gasteiger partial charge in [0.25, 0.3) is 15.9 Å². The van der Waals surface area contributed by atoms with Crippen molar-refractivity contribution in [1.82, 2.24) is 5.43 Å². The number of ether oxygens (including phenoxy) is 1. The Kier molecular flexibility index (Phi) is 8.07. The van der Waals surface area contributed by atoms with Gasteiger partial charge >= 0.3 is 0 Å². The number of rotatable bonds is 9. The highest BCUT2D eigenvalue weighted by Crippen LogP contribution is 2.24. The maximum Gasteiger partial charge on any atom is 0.264 e. The van der Waals surface area contributed by atoms with E-state index in [1.807, 2.05) is 45.0 Å². The summed E-state index contributed by atoms with van der Waals surface area (Å²) in [6.45, 7) is 7.62. The summed E-state index contributed by atoms with van der Waals surface area (Å²) in [7, 11) is -3.97. The molecular weight excluding hydrogens is 450 g/mol. The molecule has 0 heterocycles. The molecule has 0 radical (unpaired) electrons. The van der Waals surface area contributed by atoms with Crippen molar-refractivity contribution in [3.8, 4) is 5.75 Å². The third-order valence-electron chi connectivity index (χ3n) is 5.15. The Labute approximate surface area is 201 Å². The van der Waals surface area contributed by atoms with Gasteiger partial charge < -0.3 is 4.74 Å². The zero-order valence-corrected chi connectivity index (χ0v) is 20.6. The van der Waals surface area contributed by atoms with Crippen LogP contribution < -0.4 is 14.5 Å². The molecule has 0 fully saturated rings. The van der Waals surface area contributed by atoms with Gasteiger partial charge in [0.2, 0.25) is 0 Å². The van der Waals surface area contributed by atoms with E-state index in [2.05, 4.69) is 10.5 Å². The molecule has 34 heavy (non-hydrogen) atoms. The van der Waals surface area contributed by atoms with Crippen LogP contribution in [0.4, 0.5) is 5.69 Å². The van der Waals surface area contributed by atoms with E-state index in [-0.39, 0.29) is 4.90 Å². The number of carbonyl (C=O) groups is 1. The van der Waals surface area contributed by atoms with Gasteiger partial charge in [-0.3, -0.25) is 9.10 Å². The fourth-order valence-electron chi connectivity index (χ4n) is 3.20. The van der Waals surface area contributed by atoms with E-state index in [1.165, 1.54) is 12.1 Å². The molecule has 1 N–H and O–H groups in total. The topological polar surface area (TPSA) is 88.1 Å². The van der Waals surface area contributed by atoms with E-state index in [0.717, 1.165) is 26.7 Å². The fourth-order valence-corrected chi connectivity index (χ4v) is 4.62. The number of nitrogens with one attached hydrogen (secondary N) is 1. The Bertz CT molecular complexity index is 1250. The van der Waals surface area contributed by atoms with E-state index in [0.29, 0.717) is 18.0 Å². The normalized spacial score (nSPS) is 11.7. The number of benzene rings is 3. The average molecular weight is 480 g/mol. The van der Waals surface area contributed by atoms with E-state index in [1.54, 1.807) is 43.3 Å². The van der Waals surface area contributed by atoms with Crippen LogP contribution in [0.3, 0.4) is 0 Å². The first-order chi connectivity index (χ1) is 16.2. The van der Waals surface area contributed by atoms with Gasteiger partial charge in [-0.15, -0.1) is 0 Å². The van der Waals surface area contributed by atoms with Gasteiger partial charge in [0, 0.05) is 0 Å². The van der Waals surface area contributed by atoms with E-state index >= 15 is 0 Å². The Morgan fingerprint density at radius 3 is 2.03 bits per heavy atom. The van der Waals surface area contributed by atoms with E-state index in [4.69, 9.17) is 4.74 Å². The minimum absolute atomic E-state index is 0.112. The van der Waals surface area contributed by atoms with Crippen LogP contribution in [0.15, 0.2) is 82.8 Å². The molecule has 0 spiro atoms. The quantitative estimate of drug-likeness (QED) is 0.363. The van der Waals surface area contributed by atoms with Gasteiger partial charge in [-0.2, -0.15) is 5.10 Å². The summed E-state index contributed by atoms with van der Waals surface area (Å²) >= 11 is 0. The summed E-state index contributed by atoms with van der Waals surface area (Å²) in [5.74, 6) is 0.194. The Morgan fingerprint density at radius 2 is 1.47 bits per heavy atom. The SMILES string of the molecule is CCOc1ccc(/C(C)=N\NC(=O)CN(c2ccc(C)cc2)S(=O)(=O)c2ccc(C)cc2)cc1. The lowest BCUT2D eigenvalue weighted by atomic mass is 10.1. The highest BCUT2D eigenvalue weighted by Gasteiger charge is 2.27. The van der Waals surface area contributed by atoms with Gasteiger partial charge in [0.15, 0.2) is 0 Å². The van der Waals surface area contributed by atoms with Crippen LogP contribution in [0.25, 0.3) is 0 Å². The summed E-state index contributed by atoms with van der Waals surface area (Å²) in [6, 6.07) is 20.8. The molecule has 0 saturated carbocycles. The van der Waals surface area contributed by atoms with Crippen molar-refractivity contribution in [3.63, 3.8) is 0 Å². The number of aryl methyl sites for hydroxylation is 2. The molecule has 0 aliphatic heterocycles. The largest absolute Gasteiger partial charge is 0.494 e. The molecule has 1 amide bonds.